The van der Waals surface area contributed by atoms with Gasteiger partial charge in [-0.2, -0.15) is 0 Å². The average molecular weight is 207 g/mol. The Morgan fingerprint density at radius 1 is 1.06 bits per heavy atom. The van der Waals surface area contributed by atoms with E-state index in [2.05, 4.69) is 42.8 Å². The molecule has 1 aliphatic rings. The molecule has 0 N–H and O–H groups in total. The molecule has 2 aromatic rings. The molecule has 78 valence electrons. The maximum Gasteiger partial charge on any atom is 0.0352 e. The van der Waals surface area contributed by atoms with Crippen molar-refractivity contribution < 1.29 is 0 Å². The summed E-state index contributed by atoms with van der Waals surface area (Å²) < 4.78 is 0. The van der Waals surface area contributed by atoms with Crippen molar-refractivity contribution in [2.24, 2.45) is 0 Å². The summed E-state index contributed by atoms with van der Waals surface area (Å²) in [6.07, 6.45) is 4.91. The summed E-state index contributed by atoms with van der Waals surface area (Å²) in [7, 11) is 0. The van der Waals surface area contributed by atoms with Crippen molar-refractivity contribution in [3.05, 3.63) is 59.9 Å². The number of aryl methyl sites for hydroxylation is 1. The van der Waals surface area contributed by atoms with Crippen LogP contribution in [-0.4, -0.2) is 4.98 Å². The van der Waals surface area contributed by atoms with Crippen LogP contribution in [0.2, 0.25) is 0 Å². The lowest BCUT2D eigenvalue weighted by atomic mass is 10.0. The van der Waals surface area contributed by atoms with Crippen LogP contribution in [0.4, 0.5) is 0 Å². The molecule has 0 radical (unpaired) electrons. The smallest absolute Gasteiger partial charge is 0.0352 e. The summed E-state index contributed by atoms with van der Waals surface area (Å²) in [5.74, 6) is 0. The Kier molecular flexibility index (Phi) is 1.93. The fraction of sp³-hybridized carbons (Fsp3) is 0.133. The van der Waals surface area contributed by atoms with Gasteiger partial charge in [0.1, 0.15) is 0 Å². The highest BCUT2D eigenvalue weighted by Crippen LogP contribution is 2.44. The maximum absolute atomic E-state index is 4.30. The average Bonchev–Trinajstić information content (AvgIpc) is 2.64. The molecule has 1 nitrogen and oxygen atoms in total. The second kappa shape index (κ2) is 3.31. The van der Waals surface area contributed by atoms with Crippen LogP contribution in [-0.2, 0) is 6.42 Å². The van der Waals surface area contributed by atoms with Crippen LogP contribution in [0.5, 0.6) is 0 Å². The minimum absolute atomic E-state index is 1.01. The van der Waals surface area contributed by atoms with Gasteiger partial charge in [0.25, 0.3) is 0 Å². The predicted molar refractivity (Wildman–Crippen MR) is 67.2 cm³/mol. The van der Waals surface area contributed by atoms with Crippen LogP contribution in [0.15, 0.2) is 43.2 Å². The Balaban J connectivity index is 2.39. The highest BCUT2D eigenvalue weighted by atomic mass is 14.6. The van der Waals surface area contributed by atoms with E-state index in [1.165, 1.54) is 27.8 Å². The molecule has 1 aromatic heterocycles. The second-order valence-corrected chi connectivity index (χ2v) is 4.10. The van der Waals surface area contributed by atoms with E-state index in [0.29, 0.717) is 0 Å². The molecule has 0 spiro atoms. The van der Waals surface area contributed by atoms with Gasteiger partial charge in [-0.3, -0.25) is 4.98 Å². The summed E-state index contributed by atoms with van der Waals surface area (Å²) in [5.41, 5.74) is 7.50. The van der Waals surface area contributed by atoms with Crippen LogP contribution < -0.4 is 0 Å². The monoisotopic (exact) mass is 207 g/mol. The topological polar surface area (TPSA) is 12.9 Å². The number of pyridine rings is 1. The van der Waals surface area contributed by atoms with Gasteiger partial charge in [0.05, 0.1) is 0 Å². The van der Waals surface area contributed by atoms with Crippen molar-refractivity contribution in [1.29, 1.82) is 0 Å². The molecule has 0 amide bonds. The lowest BCUT2D eigenvalue weighted by molar-refractivity contribution is 1.11. The zero-order valence-electron chi connectivity index (χ0n) is 9.33. The van der Waals surface area contributed by atoms with Crippen LogP contribution in [0.1, 0.15) is 23.6 Å². The van der Waals surface area contributed by atoms with Crippen molar-refractivity contribution in [1.82, 2.24) is 4.98 Å². The van der Waals surface area contributed by atoms with Gasteiger partial charge in [-0.25, -0.2) is 0 Å². The minimum atomic E-state index is 1.01. The zero-order valence-corrected chi connectivity index (χ0v) is 9.33. The van der Waals surface area contributed by atoms with Gasteiger partial charge in [-0.05, 0) is 34.2 Å². The molecular formula is C15H13N. The van der Waals surface area contributed by atoms with Crippen molar-refractivity contribution in [2.75, 3.05) is 0 Å². The third-order valence-electron chi connectivity index (χ3n) is 3.25. The lowest BCUT2D eigenvalue weighted by Gasteiger charge is -2.05. The molecule has 1 heteroatoms. The molecule has 0 bridgehead atoms. The molecule has 0 saturated heterocycles. The first-order valence-electron chi connectivity index (χ1n) is 5.59. The van der Waals surface area contributed by atoms with E-state index >= 15 is 0 Å². The molecule has 16 heavy (non-hydrogen) atoms. The predicted octanol–water partition coefficient (Wildman–Crippen LogP) is 3.69. The SMILES string of the molecule is C=C1c2ccccc2-c2c(CC)cncc21. The number of hydrogen-bond acceptors (Lipinski definition) is 1. The Labute approximate surface area is 95.5 Å². The maximum atomic E-state index is 4.30. The summed E-state index contributed by atoms with van der Waals surface area (Å²) in [6, 6.07) is 8.46. The van der Waals surface area contributed by atoms with E-state index in [1.54, 1.807) is 0 Å². The van der Waals surface area contributed by atoms with Gasteiger partial charge in [-0.1, -0.05) is 37.8 Å². The number of aromatic nitrogens is 1. The summed E-state index contributed by atoms with van der Waals surface area (Å²) in [5, 5.41) is 0. The quantitative estimate of drug-likeness (QED) is 0.593. The van der Waals surface area contributed by atoms with E-state index in [4.69, 9.17) is 0 Å². The molecule has 1 heterocycles. The number of nitrogens with zero attached hydrogens (tertiary/aromatic N) is 1. The molecule has 1 aliphatic carbocycles. The first kappa shape index (κ1) is 9.34. The van der Waals surface area contributed by atoms with Crippen LogP contribution >= 0.6 is 0 Å². The lowest BCUT2D eigenvalue weighted by Crippen LogP contribution is -1.89. The van der Waals surface area contributed by atoms with Gasteiger partial charge >= 0.3 is 0 Å². The number of benzene rings is 1. The Morgan fingerprint density at radius 2 is 1.81 bits per heavy atom. The molecule has 0 atom stereocenters. The summed E-state index contributed by atoms with van der Waals surface area (Å²) in [6.45, 7) is 6.34. The number of fused-ring (bicyclic) bond motifs is 3. The summed E-state index contributed by atoms with van der Waals surface area (Å²) in [4.78, 5) is 4.30. The molecule has 0 fully saturated rings. The van der Waals surface area contributed by atoms with Crippen molar-refractivity contribution in [2.45, 2.75) is 13.3 Å². The number of hydrogen-bond donors (Lipinski definition) is 0. The van der Waals surface area contributed by atoms with Crippen molar-refractivity contribution in [3.63, 3.8) is 0 Å². The van der Waals surface area contributed by atoms with Crippen LogP contribution in [0.3, 0.4) is 0 Å². The van der Waals surface area contributed by atoms with Gasteiger partial charge in [0, 0.05) is 18.0 Å². The normalized spacial score (nSPS) is 12.4. The third kappa shape index (κ3) is 1.09. The molecule has 1 aromatic carbocycles. The Morgan fingerprint density at radius 3 is 2.56 bits per heavy atom. The van der Waals surface area contributed by atoms with Crippen molar-refractivity contribution >= 4 is 5.57 Å². The van der Waals surface area contributed by atoms with Gasteiger partial charge < -0.3 is 0 Å². The standard InChI is InChI=1S/C15H13N/c1-3-11-8-16-9-14-10(2)12-6-4-5-7-13(12)15(11)14/h4-9H,2-3H2,1H3. The van der Waals surface area contributed by atoms with Gasteiger partial charge in [0.15, 0.2) is 0 Å². The molecule has 0 saturated carbocycles. The van der Waals surface area contributed by atoms with E-state index in [1.807, 2.05) is 12.4 Å². The largest absolute Gasteiger partial charge is 0.264 e. The molecule has 3 rings (SSSR count). The molecular weight excluding hydrogens is 194 g/mol. The first-order chi connectivity index (χ1) is 7.83. The van der Waals surface area contributed by atoms with E-state index < -0.39 is 0 Å². The number of rotatable bonds is 1. The van der Waals surface area contributed by atoms with Gasteiger partial charge in [0.2, 0.25) is 0 Å². The third-order valence-corrected chi connectivity index (χ3v) is 3.25. The van der Waals surface area contributed by atoms with Crippen LogP contribution in [0, 0.1) is 0 Å². The highest BCUT2D eigenvalue weighted by Gasteiger charge is 2.23. The fourth-order valence-corrected chi connectivity index (χ4v) is 2.43. The fourth-order valence-electron chi connectivity index (χ4n) is 2.43. The van der Waals surface area contributed by atoms with Crippen molar-refractivity contribution in [3.8, 4) is 11.1 Å². The van der Waals surface area contributed by atoms with E-state index in [0.717, 1.165) is 12.0 Å². The summed E-state index contributed by atoms with van der Waals surface area (Å²) >= 11 is 0. The minimum Gasteiger partial charge on any atom is -0.264 e. The van der Waals surface area contributed by atoms with E-state index in [-0.39, 0.29) is 0 Å². The van der Waals surface area contributed by atoms with Gasteiger partial charge in [-0.15, -0.1) is 0 Å². The Hall–Kier alpha value is -1.89. The second-order valence-electron chi connectivity index (χ2n) is 4.10. The first-order valence-corrected chi connectivity index (χ1v) is 5.59. The Bertz CT molecular complexity index is 582. The molecule has 0 aliphatic heterocycles. The molecule has 0 unspecified atom stereocenters. The zero-order chi connectivity index (χ0) is 11.1. The van der Waals surface area contributed by atoms with Crippen LogP contribution in [0.25, 0.3) is 16.7 Å². The van der Waals surface area contributed by atoms with E-state index in [9.17, 15) is 0 Å². The highest BCUT2D eigenvalue weighted by molar-refractivity contribution is 6.01.